The van der Waals surface area contributed by atoms with Crippen LogP contribution in [0.25, 0.3) is 0 Å². The zero-order valence-corrected chi connectivity index (χ0v) is 14.2. The van der Waals surface area contributed by atoms with E-state index >= 15 is 0 Å². The number of rotatable bonds is 5. The molecule has 1 atom stereocenters. The largest absolute Gasteiger partial charge is 0.487 e. The Morgan fingerprint density at radius 2 is 1.76 bits per heavy atom. The van der Waals surface area contributed by atoms with Crippen LogP contribution in [0.15, 0.2) is 46.9 Å². The lowest BCUT2D eigenvalue weighted by Gasteiger charge is -2.18. The molecule has 112 valence electrons. The van der Waals surface area contributed by atoms with E-state index in [-0.39, 0.29) is 0 Å². The molecule has 3 heteroatoms. The van der Waals surface area contributed by atoms with Crippen LogP contribution >= 0.6 is 15.9 Å². The minimum Gasteiger partial charge on any atom is -0.487 e. The molecule has 21 heavy (non-hydrogen) atoms. The van der Waals surface area contributed by atoms with Gasteiger partial charge in [0.1, 0.15) is 12.4 Å². The van der Waals surface area contributed by atoms with E-state index in [4.69, 9.17) is 4.74 Å². The van der Waals surface area contributed by atoms with Gasteiger partial charge in [0.2, 0.25) is 0 Å². The highest BCUT2D eigenvalue weighted by molar-refractivity contribution is 9.10. The van der Waals surface area contributed by atoms with E-state index in [9.17, 15) is 5.11 Å². The number of halogens is 1. The molecule has 0 aliphatic rings. The molecule has 0 fully saturated rings. The highest BCUT2D eigenvalue weighted by atomic mass is 79.9. The molecule has 0 aliphatic heterocycles. The van der Waals surface area contributed by atoms with E-state index in [0.717, 1.165) is 26.9 Å². The normalized spacial score (nSPS) is 12.5. The summed E-state index contributed by atoms with van der Waals surface area (Å²) < 4.78 is 6.91. The van der Waals surface area contributed by atoms with Crippen molar-refractivity contribution in [1.29, 1.82) is 0 Å². The lowest BCUT2D eigenvalue weighted by atomic mass is 9.98. The summed E-state index contributed by atoms with van der Waals surface area (Å²) in [6.07, 6.45) is -0.484. The van der Waals surface area contributed by atoms with Gasteiger partial charge in [-0.1, -0.05) is 44.2 Å². The fraction of sp³-hybridized carbons (Fsp3) is 0.333. The molecule has 1 N–H and O–H groups in total. The molecule has 2 aromatic carbocycles. The van der Waals surface area contributed by atoms with Crippen molar-refractivity contribution in [1.82, 2.24) is 0 Å². The summed E-state index contributed by atoms with van der Waals surface area (Å²) in [6.45, 7) is 6.56. The monoisotopic (exact) mass is 348 g/mol. The van der Waals surface area contributed by atoms with Gasteiger partial charge in [-0.25, -0.2) is 0 Å². The molecule has 1 unspecified atom stereocenters. The number of hydrogen-bond donors (Lipinski definition) is 1. The second kappa shape index (κ2) is 7.10. The van der Waals surface area contributed by atoms with Gasteiger partial charge in [-0.15, -0.1) is 0 Å². The van der Waals surface area contributed by atoms with E-state index in [0.29, 0.717) is 12.5 Å². The van der Waals surface area contributed by atoms with Crippen LogP contribution in [-0.2, 0) is 6.61 Å². The second-order valence-corrected chi connectivity index (χ2v) is 6.38. The van der Waals surface area contributed by atoms with E-state index in [1.54, 1.807) is 6.92 Å². The number of hydrogen-bond acceptors (Lipinski definition) is 2. The van der Waals surface area contributed by atoms with E-state index in [1.165, 1.54) is 0 Å². The van der Waals surface area contributed by atoms with Crippen LogP contribution in [0.2, 0.25) is 0 Å². The maximum Gasteiger partial charge on any atom is 0.137 e. The Balaban J connectivity index is 2.29. The summed E-state index contributed by atoms with van der Waals surface area (Å²) in [7, 11) is 0. The molecule has 0 radical (unpaired) electrons. The van der Waals surface area contributed by atoms with E-state index in [2.05, 4.69) is 29.8 Å². The molecule has 0 saturated carbocycles. The maximum absolute atomic E-state index is 9.79. The molecule has 2 rings (SSSR count). The van der Waals surface area contributed by atoms with Crippen LogP contribution in [0.5, 0.6) is 5.75 Å². The third-order valence-electron chi connectivity index (χ3n) is 3.43. The summed E-state index contributed by atoms with van der Waals surface area (Å²) in [5, 5.41) is 9.79. The molecule has 2 nitrogen and oxygen atoms in total. The SMILES string of the molecule is CC(C)c1cc(C(C)O)cc(Br)c1OCc1ccccc1. The second-order valence-electron chi connectivity index (χ2n) is 5.53. The van der Waals surface area contributed by atoms with Crippen LogP contribution < -0.4 is 4.74 Å². The first-order chi connectivity index (χ1) is 9.99. The van der Waals surface area contributed by atoms with Crippen molar-refractivity contribution in [2.45, 2.75) is 39.4 Å². The van der Waals surface area contributed by atoms with Gasteiger partial charge in [0.15, 0.2) is 0 Å². The van der Waals surface area contributed by atoms with Crippen molar-refractivity contribution in [3.05, 3.63) is 63.6 Å². The summed E-state index contributed by atoms with van der Waals surface area (Å²) in [4.78, 5) is 0. The van der Waals surface area contributed by atoms with Gasteiger partial charge in [-0.3, -0.25) is 0 Å². The van der Waals surface area contributed by atoms with Gasteiger partial charge < -0.3 is 9.84 Å². The minimum atomic E-state index is -0.484. The average molecular weight is 349 g/mol. The molecule has 0 saturated heterocycles. The molecule has 0 amide bonds. The first-order valence-corrected chi connectivity index (χ1v) is 7.96. The third-order valence-corrected chi connectivity index (χ3v) is 4.01. The van der Waals surface area contributed by atoms with Crippen molar-refractivity contribution in [3.8, 4) is 5.75 Å². The fourth-order valence-corrected chi connectivity index (χ4v) is 2.80. The Morgan fingerprint density at radius 1 is 1.10 bits per heavy atom. The van der Waals surface area contributed by atoms with Crippen LogP contribution in [0.1, 0.15) is 49.5 Å². The third kappa shape index (κ3) is 4.08. The van der Waals surface area contributed by atoms with Crippen molar-refractivity contribution in [2.24, 2.45) is 0 Å². The minimum absolute atomic E-state index is 0.325. The summed E-state index contributed by atoms with van der Waals surface area (Å²) in [5.41, 5.74) is 3.15. The number of aliphatic hydroxyl groups is 1. The summed E-state index contributed by atoms with van der Waals surface area (Å²) >= 11 is 3.57. The number of benzene rings is 2. The van der Waals surface area contributed by atoms with Gasteiger partial charge in [0, 0.05) is 0 Å². The lowest BCUT2D eigenvalue weighted by molar-refractivity contribution is 0.199. The van der Waals surface area contributed by atoms with Crippen LogP contribution in [0.4, 0.5) is 0 Å². The van der Waals surface area contributed by atoms with Crippen molar-refractivity contribution < 1.29 is 9.84 Å². The van der Waals surface area contributed by atoms with Crippen molar-refractivity contribution >= 4 is 15.9 Å². The molecular weight excluding hydrogens is 328 g/mol. The first kappa shape index (κ1) is 16.1. The Bertz CT molecular complexity index is 592. The molecule has 0 spiro atoms. The molecule has 2 aromatic rings. The smallest absolute Gasteiger partial charge is 0.137 e. The van der Waals surface area contributed by atoms with Gasteiger partial charge in [0.25, 0.3) is 0 Å². The Hall–Kier alpha value is -1.32. The molecule has 0 aromatic heterocycles. The average Bonchev–Trinajstić information content (AvgIpc) is 2.46. The van der Waals surface area contributed by atoms with Crippen LogP contribution in [0, 0.1) is 0 Å². The van der Waals surface area contributed by atoms with Gasteiger partial charge in [-0.2, -0.15) is 0 Å². The fourth-order valence-electron chi connectivity index (χ4n) is 2.19. The molecule has 0 bridgehead atoms. The highest BCUT2D eigenvalue weighted by Crippen LogP contribution is 2.37. The van der Waals surface area contributed by atoms with E-state index < -0.39 is 6.10 Å². The summed E-state index contributed by atoms with van der Waals surface area (Å²) in [5.74, 6) is 1.18. The van der Waals surface area contributed by atoms with E-state index in [1.807, 2.05) is 42.5 Å². The molecule has 0 heterocycles. The Morgan fingerprint density at radius 3 is 2.33 bits per heavy atom. The quantitative estimate of drug-likeness (QED) is 0.803. The van der Waals surface area contributed by atoms with Crippen LogP contribution in [0.3, 0.4) is 0 Å². The van der Waals surface area contributed by atoms with Gasteiger partial charge in [-0.05, 0) is 57.6 Å². The predicted molar refractivity (Wildman–Crippen MR) is 89.6 cm³/mol. The Kier molecular flexibility index (Phi) is 5.43. The number of ether oxygens (including phenoxy) is 1. The predicted octanol–water partition coefficient (Wildman–Crippen LogP) is 5.20. The zero-order chi connectivity index (χ0) is 15.4. The highest BCUT2D eigenvalue weighted by Gasteiger charge is 2.15. The number of aliphatic hydroxyl groups excluding tert-OH is 1. The first-order valence-electron chi connectivity index (χ1n) is 7.17. The lowest BCUT2D eigenvalue weighted by Crippen LogP contribution is -2.03. The molecular formula is C18H21BrO2. The zero-order valence-electron chi connectivity index (χ0n) is 12.6. The van der Waals surface area contributed by atoms with Gasteiger partial charge in [0.05, 0.1) is 10.6 Å². The van der Waals surface area contributed by atoms with Gasteiger partial charge >= 0.3 is 0 Å². The van der Waals surface area contributed by atoms with Crippen LogP contribution in [-0.4, -0.2) is 5.11 Å². The molecule has 0 aliphatic carbocycles. The maximum atomic E-state index is 9.79. The standard InChI is InChI=1S/C18H21BrO2/c1-12(2)16-9-15(13(3)20)10-17(19)18(16)21-11-14-7-5-4-6-8-14/h4-10,12-13,20H,11H2,1-3H3. The van der Waals surface area contributed by atoms with Crippen molar-refractivity contribution in [3.63, 3.8) is 0 Å². The topological polar surface area (TPSA) is 29.5 Å². The summed E-state index contributed by atoms with van der Waals surface area (Å²) in [6, 6.07) is 14.1. The Labute approximate surface area is 134 Å². The van der Waals surface area contributed by atoms with Crippen molar-refractivity contribution in [2.75, 3.05) is 0 Å².